The second kappa shape index (κ2) is 6.43. The lowest BCUT2D eigenvalue weighted by Gasteiger charge is -2.33. The molecule has 1 aromatic rings. The quantitative estimate of drug-likeness (QED) is 0.766. The number of esters is 1. The maximum Gasteiger partial charge on any atom is 0.356 e. The first-order valence-electron chi connectivity index (χ1n) is 7.30. The van der Waals surface area contributed by atoms with Crippen LogP contribution in [0.3, 0.4) is 0 Å². The molecule has 2 rings (SSSR count). The third-order valence-corrected chi connectivity index (χ3v) is 4.01. The molecule has 0 radical (unpaired) electrons. The summed E-state index contributed by atoms with van der Waals surface area (Å²) in [6.07, 6.45) is 0. The van der Waals surface area contributed by atoms with Crippen LogP contribution in [0.2, 0.25) is 0 Å². The van der Waals surface area contributed by atoms with Gasteiger partial charge < -0.3 is 23.7 Å². The largest absolute Gasteiger partial charge is 0.481 e. The number of methoxy groups -OCH3 is 3. The van der Waals surface area contributed by atoms with Crippen LogP contribution in [-0.2, 0) is 30.3 Å². The van der Waals surface area contributed by atoms with Crippen LogP contribution in [0.5, 0.6) is 5.88 Å². The van der Waals surface area contributed by atoms with Crippen LogP contribution in [-0.4, -0.2) is 45.5 Å². The summed E-state index contributed by atoms with van der Waals surface area (Å²) in [5, 5.41) is 0. The van der Waals surface area contributed by atoms with Crippen LogP contribution in [0.15, 0.2) is 6.07 Å². The first-order valence-corrected chi connectivity index (χ1v) is 7.30. The number of ether oxygens (including phenoxy) is 5. The first kappa shape index (κ1) is 17.7. The van der Waals surface area contributed by atoms with Gasteiger partial charge in [-0.25, -0.2) is 9.78 Å². The van der Waals surface area contributed by atoms with Crippen molar-refractivity contribution in [2.45, 2.75) is 32.2 Å². The van der Waals surface area contributed by atoms with E-state index in [1.54, 1.807) is 20.1 Å². The summed E-state index contributed by atoms with van der Waals surface area (Å²) in [4.78, 5) is 16.2. The molecule has 0 amide bonds. The third kappa shape index (κ3) is 3.17. The minimum atomic E-state index is -1.01. The Labute approximate surface area is 135 Å². The van der Waals surface area contributed by atoms with Gasteiger partial charge >= 0.3 is 5.97 Å². The number of hydrogen-bond acceptors (Lipinski definition) is 7. The minimum Gasteiger partial charge on any atom is -0.481 e. The Morgan fingerprint density at radius 1 is 1.26 bits per heavy atom. The molecule has 7 nitrogen and oxygen atoms in total. The topological polar surface area (TPSA) is 76.1 Å². The van der Waals surface area contributed by atoms with Crippen molar-refractivity contribution >= 4 is 5.97 Å². The fourth-order valence-corrected chi connectivity index (χ4v) is 2.59. The van der Waals surface area contributed by atoms with Crippen molar-refractivity contribution in [3.05, 3.63) is 22.9 Å². The van der Waals surface area contributed by atoms with Crippen LogP contribution in [0.4, 0.5) is 0 Å². The van der Waals surface area contributed by atoms with Crippen molar-refractivity contribution in [2.75, 3.05) is 34.5 Å². The number of carbonyl (C=O) groups excluding carboxylic acids is 1. The lowest BCUT2D eigenvalue weighted by molar-refractivity contribution is -0.152. The van der Waals surface area contributed by atoms with Gasteiger partial charge in [-0.15, -0.1) is 0 Å². The zero-order valence-electron chi connectivity index (χ0n) is 14.4. The molecule has 1 fully saturated rings. The van der Waals surface area contributed by atoms with E-state index in [0.29, 0.717) is 24.3 Å². The molecule has 23 heavy (non-hydrogen) atoms. The highest BCUT2D eigenvalue weighted by atomic mass is 16.7. The summed E-state index contributed by atoms with van der Waals surface area (Å²) in [6, 6.07) is 1.61. The average molecular weight is 325 g/mol. The number of aromatic nitrogens is 1. The maximum absolute atomic E-state index is 11.9. The standard InChI is InChI=1S/C16H23NO6/c1-15(2,21-6)12-10(16(3)22-7-8-23-16)9-11(14(18)20-5)17-13(12)19-4/h9H,7-8H2,1-6H3. The normalized spacial score (nSPS) is 17.1. The van der Waals surface area contributed by atoms with Gasteiger partial charge in [0.1, 0.15) is 0 Å². The van der Waals surface area contributed by atoms with E-state index in [1.165, 1.54) is 14.2 Å². The summed E-state index contributed by atoms with van der Waals surface area (Å²) >= 11 is 0. The van der Waals surface area contributed by atoms with Crippen molar-refractivity contribution in [2.24, 2.45) is 0 Å². The van der Waals surface area contributed by atoms with Crippen LogP contribution < -0.4 is 4.74 Å². The molecule has 128 valence electrons. The molecular weight excluding hydrogens is 302 g/mol. The highest BCUT2D eigenvalue weighted by Crippen LogP contribution is 2.42. The van der Waals surface area contributed by atoms with Crippen LogP contribution in [0.1, 0.15) is 42.4 Å². The molecule has 0 saturated carbocycles. The summed E-state index contributed by atoms with van der Waals surface area (Å²) in [5.41, 5.74) is 0.699. The van der Waals surface area contributed by atoms with Gasteiger partial charge in [-0.2, -0.15) is 0 Å². The second-order valence-corrected chi connectivity index (χ2v) is 5.79. The lowest BCUT2D eigenvalue weighted by atomic mass is 9.89. The molecule has 0 atom stereocenters. The number of rotatable bonds is 5. The predicted molar refractivity (Wildman–Crippen MR) is 81.4 cm³/mol. The van der Waals surface area contributed by atoms with E-state index < -0.39 is 17.4 Å². The van der Waals surface area contributed by atoms with E-state index in [1.807, 2.05) is 13.8 Å². The van der Waals surface area contributed by atoms with Crippen molar-refractivity contribution in [3.63, 3.8) is 0 Å². The van der Waals surface area contributed by atoms with Gasteiger partial charge in [-0.1, -0.05) is 0 Å². The fourth-order valence-electron chi connectivity index (χ4n) is 2.59. The SMILES string of the molecule is COC(=O)c1cc(C2(C)OCCO2)c(C(C)(C)OC)c(OC)n1. The molecule has 0 unspecified atom stereocenters. The van der Waals surface area contributed by atoms with E-state index in [-0.39, 0.29) is 11.6 Å². The molecule has 0 bridgehead atoms. The Hall–Kier alpha value is -1.70. The minimum absolute atomic E-state index is 0.121. The van der Waals surface area contributed by atoms with Crippen molar-refractivity contribution in [3.8, 4) is 5.88 Å². The van der Waals surface area contributed by atoms with Gasteiger partial charge in [0.05, 0.1) is 38.6 Å². The maximum atomic E-state index is 11.9. The van der Waals surface area contributed by atoms with E-state index in [0.717, 1.165) is 0 Å². The number of hydrogen-bond donors (Lipinski definition) is 0. The van der Waals surface area contributed by atoms with Gasteiger partial charge in [0, 0.05) is 12.7 Å². The van der Waals surface area contributed by atoms with Crippen LogP contribution in [0.25, 0.3) is 0 Å². The molecule has 1 saturated heterocycles. The highest BCUT2D eigenvalue weighted by molar-refractivity contribution is 5.87. The van der Waals surface area contributed by atoms with E-state index in [2.05, 4.69) is 4.98 Å². The van der Waals surface area contributed by atoms with Crippen molar-refractivity contribution < 1.29 is 28.5 Å². The average Bonchev–Trinajstić information content (AvgIpc) is 3.00. The highest BCUT2D eigenvalue weighted by Gasteiger charge is 2.42. The predicted octanol–water partition coefficient (Wildman–Crippen LogP) is 1.98. The Kier molecular flexibility index (Phi) is 4.93. The summed E-state index contributed by atoms with van der Waals surface area (Å²) in [7, 11) is 4.38. The number of nitrogens with zero attached hydrogens (tertiary/aromatic N) is 1. The smallest absolute Gasteiger partial charge is 0.356 e. The molecule has 1 aliphatic rings. The van der Waals surface area contributed by atoms with Crippen LogP contribution >= 0.6 is 0 Å². The van der Waals surface area contributed by atoms with Crippen molar-refractivity contribution in [1.82, 2.24) is 4.98 Å². The number of carbonyl (C=O) groups is 1. The first-order chi connectivity index (χ1) is 10.8. The third-order valence-electron chi connectivity index (χ3n) is 4.01. The number of pyridine rings is 1. The van der Waals surface area contributed by atoms with E-state index in [9.17, 15) is 4.79 Å². The summed E-state index contributed by atoms with van der Waals surface area (Å²) < 4.78 is 27.3. The fraction of sp³-hybridized carbons (Fsp3) is 0.625. The van der Waals surface area contributed by atoms with Gasteiger partial charge in [0.25, 0.3) is 0 Å². The van der Waals surface area contributed by atoms with Gasteiger partial charge in [0.2, 0.25) is 5.88 Å². The molecule has 7 heteroatoms. The molecule has 0 N–H and O–H groups in total. The zero-order chi connectivity index (χ0) is 17.3. The molecule has 0 spiro atoms. The molecule has 0 aromatic carbocycles. The molecule has 1 aromatic heterocycles. The molecule has 0 aliphatic carbocycles. The Bertz CT molecular complexity index is 592. The van der Waals surface area contributed by atoms with Crippen molar-refractivity contribution in [1.29, 1.82) is 0 Å². The van der Waals surface area contributed by atoms with E-state index >= 15 is 0 Å². The van der Waals surface area contributed by atoms with Gasteiger partial charge in [0.15, 0.2) is 11.5 Å². The molecular formula is C16H23NO6. The van der Waals surface area contributed by atoms with Gasteiger partial charge in [-0.05, 0) is 26.8 Å². The second-order valence-electron chi connectivity index (χ2n) is 5.79. The summed E-state index contributed by atoms with van der Waals surface area (Å²) in [5.74, 6) is -1.30. The van der Waals surface area contributed by atoms with Crippen LogP contribution in [0, 0.1) is 0 Å². The molecule has 1 aliphatic heterocycles. The summed E-state index contributed by atoms with van der Waals surface area (Å²) in [6.45, 7) is 6.48. The Morgan fingerprint density at radius 2 is 1.87 bits per heavy atom. The Balaban J connectivity index is 2.74. The zero-order valence-corrected chi connectivity index (χ0v) is 14.4. The monoisotopic (exact) mass is 325 g/mol. The Morgan fingerprint density at radius 3 is 2.35 bits per heavy atom. The molecule has 2 heterocycles. The van der Waals surface area contributed by atoms with E-state index in [4.69, 9.17) is 23.7 Å². The lowest BCUT2D eigenvalue weighted by Crippen LogP contribution is -2.32. The van der Waals surface area contributed by atoms with Gasteiger partial charge in [-0.3, -0.25) is 0 Å².